The largest absolute Gasteiger partial charge is 0.391 e. The lowest BCUT2D eigenvalue weighted by Crippen LogP contribution is -2.44. The van der Waals surface area contributed by atoms with E-state index in [2.05, 4.69) is 22.5 Å². The van der Waals surface area contributed by atoms with E-state index in [1.54, 1.807) is 0 Å². The van der Waals surface area contributed by atoms with Crippen LogP contribution in [0.2, 0.25) is 0 Å². The molecular weight excluding hydrogens is 266 g/mol. The quantitative estimate of drug-likeness (QED) is 0.701. The highest BCUT2D eigenvalue weighted by atomic mass is 16.3. The zero-order chi connectivity index (χ0) is 15.9. The fourth-order valence-electron chi connectivity index (χ4n) is 2.54. The Morgan fingerprint density at radius 2 is 1.90 bits per heavy atom. The van der Waals surface area contributed by atoms with Gasteiger partial charge in [-0.2, -0.15) is 0 Å². The first kappa shape index (κ1) is 18.2. The molecule has 0 bridgehead atoms. The Hall–Kier alpha value is -0.810. The van der Waals surface area contributed by atoms with Crippen molar-refractivity contribution in [1.82, 2.24) is 15.5 Å². The van der Waals surface area contributed by atoms with Gasteiger partial charge < -0.3 is 20.6 Å². The highest BCUT2D eigenvalue weighted by Crippen LogP contribution is 2.19. The normalized spacial score (nSPS) is 19.3. The molecule has 1 aliphatic rings. The van der Waals surface area contributed by atoms with Crippen molar-refractivity contribution in [2.45, 2.75) is 53.1 Å². The summed E-state index contributed by atoms with van der Waals surface area (Å²) < 4.78 is 0. The second-order valence-electron chi connectivity index (χ2n) is 7.18. The van der Waals surface area contributed by atoms with E-state index in [9.17, 15) is 9.90 Å². The van der Waals surface area contributed by atoms with Crippen molar-refractivity contribution in [1.29, 1.82) is 0 Å². The molecule has 1 aliphatic heterocycles. The number of rotatable bonds is 6. The predicted octanol–water partition coefficient (Wildman–Crippen LogP) is 1.81. The number of nitrogens with one attached hydrogen (secondary N) is 2. The molecule has 1 rings (SSSR count). The van der Waals surface area contributed by atoms with Crippen LogP contribution in [0.3, 0.4) is 0 Å². The molecule has 21 heavy (non-hydrogen) atoms. The molecule has 5 nitrogen and oxygen atoms in total. The number of carbonyl (C=O) groups excluding carboxylic acids is 1. The molecule has 0 aromatic carbocycles. The zero-order valence-corrected chi connectivity index (χ0v) is 14.1. The molecule has 5 heteroatoms. The van der Waals surface area contributed by atoms with Crippen molar-refractivity contribution in [3.63, 3.8) is 0 Å². The van der Waals surface area contributed by atoms with Crippen LogP contribution in [0.4, 0.5) is 4.79 Å². The predicted molar refractivity (Wildman–Crippen MR) is 86.3 cm³/mol. The Morgan fingerprint density at radius 3 is 2.43 bits per heavy atom. The number of amides is 2. The van der Waals surface area contributed by atoms with E-state index in [0.29, 0.717) is 13.1 Å². The second kappa shape index (κ2) is 8.59. The first-order valence-corrected chi connectivity index (χ1v) is 8.25. The van der Waals surface area contributed by atoms with Crippen LogP contribution in [0.5, 0.6) is 0 Å². The number of aliphatic hydroxyl groups excluding tert-OH is 1. The highest BCUT2D eigenvalue weighted by molar-refractivity contribution is 5.73. The van der Waals surface area contributed by atoms with E-state index >= 15 is 0 Å². The van der Waals surface area contributed by atoms with Crippen molar-refractivity contribution in [3.05, 3.63) is 0 Å². The third-order valence-corrected chi connectivity index (χ3v) is 4.45. The van der Waals surface area contributed by atoms with E-state index in [1.165, 1.54) is 25.9 Å². The molecule has 1 fully saturated rings. The van der Waals surface area contributed by atoms with Crippen LogP contribution < -0.4 is 10.6 Å². The SMILES string of the molecule is CCN1CCC(CCNC(=O)NCC(O)C(C)(C)C)CC1. The second-order valence-corrected chi connectivity index (χ2v) is 7.18. The van der Waals surface area contributed by atoms with E-state index < -0.39 is 6.10 Å². The molecule has 0 aliphatic carbocycles. The van der Waals surface area contributed by atoms with Crippen molar-refractivity contribution >= 4 is 6.03 Å². The van der Waals surface area contributed by atoms with Gasteiger partial charge >= 0.3 is 6.03 Å². The maximum absolute atomic E-state index is 11.7. The maximum atomic E-state index is 11.7. The summed E-state index contributed by atoms with van der Waals surface area (Å²) in [7, 11) is 0. The number of piperidine rings is 1. The summed E-state index contributed by atoms with van der Waals surface area (Å²) in [5, 5.41) is 15.5. The molecule has 0 aromatic heterocycles. The average Bonchev–Trinajstić information content (AvgIpc) is 2.44. The van der Waals surface area contributed by atoms with Crippen molar-refractivity contribution in [2.75, 3.05) is 32.7 Å². The molecule has 1 saturated heterocycles. The van der Waals surface area contributed by atoms with Crippen LogP contribution in [0.15, 0.2) is 0 Å². The summed E-state index contributed by atoms with van der Waals surface area (Å²) in [4.78, 5) is 14.1. The Bertz CT molecular complexity index is 307. The number of nitrogens with zero attached hydrogens (tertiary/aromatic N) is 1. The van der Waals surface area contributed by atoms with Gasteiger partial charge in [0.2, 0.25) is 0 Å². The number of carbonyl (C=O) groups is 1. The average molecular weight is 299 g/mol. The number of likely N-dealkylation sites (tertiary alicyclic amines) is 1. The number of hydrogen-bond acceptors (Lipinski definition) is 3. The van der Waals surface area contributed by atoms with Gasteiger partial charge in [-0.3, -0.25) is 0 Å². The van der Waals surface area contributed by atoms with Gasteiger partial charge in [0.25, 0.3) is 0 Å². The summed E-state index contributed by atoms with van der Waals surface area (Å²) in [6.07, 6.45) is 2.99. The summed E-state index contributed by atoms with van der Waals surface area (Å²) in [5.41, 5.74) is -0.208. The molecule has 2 amide bonds. The lowest BCUT2D eigenvalue weighted by molar-refractivity contribution is 0.0650. The fraction of sp³-hybridized carbons (Fsp3) is 0.938. The van der Waals surface area contributed by atoms with E-state index in [-0.39, 0.29) is 11.4 Å². The molecule has 0 aromatic rings. The topological polar surface area (TPSA) is 64.6 Å². The molecule has 0 saturated carbocycles. The van der Waals surface area contributed by atoms with E-state index in [0.717, 1.165) is 18.9 Å². The van der Waals surface area contributed by atoms with Crippen LogP contribution in [-0.2, 0) is 0 Å². The third-order valence-electron chi connectivity index (χ3n) is 4.45. The monoisotopic (exact) mass is 299 g/mol. The van der Waals surface area contributed by atoms with Crippen LogP contribution in [0.25, 0.3) is 0 Å². The molecule has 3 N–H and O–H groups in total. The third kappa shape index (κ3) is 7.14. The number of aliphatic hydroxyl groups is 1. The summed E-state index contributed by atoms with van der Waals surface area (Å²) in [5.74, 6) is 0.730. The Balaban J connectivity index is 2.09. The molecule has 0 spiro atoms. The smallest absolute Gasteiger partial charge is 0.314 e. The Labute approximate surface area is 129 Å². The molecule has 1 heterocycles. The number of urea groups is 1. The van der Waals surface area contributed by atoms with Gasteiger partial charge in [-0.25, -0.2) is 4.79 Å². The molecular formula is C16H33N3O2. The van der Waals surface area contributed by atoms with Gasteiger partial charge in [0, 0.05) is 13.1 Å². The van der Waals surface area contributed by atoms with Crippen molar-refractivity contribution in [2.24, 2.45) is 11.3 Å². The van der Waals surface area contributed by atoms with Crippen LogP contribution >= 0.6 is 0 Å². The summed E-state index contributed by atoms with van der Waals surface area (Å²) >= 11 is 0. The summed E-state index contributed by atoms with van der Waals surface area (Å²) in [6, 6.07) is -0.177. The molecule has 1 atom stereocenters. The lowest BCUT2D eigenvalue weighted by Gasteiger charge is -2.31. The van der Waals surface area contributed by atoms with Gasteiger partial charge in [-0.05, 0) is 50.2 Å². The first-order valence-electron chi connectivity index (χ1n) is 8.25. The minimum atomic E-state index is -0.526. The molecule has 0 radical (unpaired) electrons. The Kier molecular flexibility index (Phi) is 7.46. The highest BCUT2D eigenvalue weighted by Gasteiger charge is 2.22. The van der Waals surface area contributed by atoms with E-state index in [4.69, 9.17) is 0 Å². The fourth-order valence-corrected chi connectivity index (χ4v) is 2.54. The number of hydrogen-bond donors (Lipinski definition) is 3. The Morgan fingerprint density at radius 1 is 1.29 bits per heavy atom. The standard InChI is InChI=1S/C16H33N3O2/c1-5-19-10-7-13(8-11-19)6-9-17-15(21)18-12-14(20)16(2,3)4/h13-14,20H,5-12H2,1-4H3,(H2,17,18,21). The van der Waals surface area contributed by atoms with Crippen LogP contribution in [-0.4, -0.2) is 54.9 Å². The van der Waals surface area contributed by atoms with Gasteiger partial charge in [0.05, 0.1) is 6.10 Å². The van der Waals surface area contributed by atoms with Crippen LogP contribution in [0.1, 0.15) is 47.0 Å². The van der Waals surface area contributed by atoms with Gasteiger partial charge in [-0.1, -0.05) is 27.7 Å². The van der Waals surface area contributed by atoms with Crippen LogP contribution in [0, 0.1) is 11.3 Å². The van der Waals surface area contributed by atoms with Crippen molar-refractivity contribution < 1.29 is 9.90 Å². The van der Waals surface area contributed by atoms with Gasteiger partial charge in [-0.15, -0.1) is 0 Å². The van der Waals surface area contributed by atoms with Gasteiger partial charge in [0.1, 0.15) is 0 Å². The first-order chi connectivity index (χ1) is 9.82. The molecule has 1 unspecified atom stereocenters. The zero-order valence-electron chi connectivity index (χ0n) is 14.1. The molecule has 124 valence electrons. The van der Waals surface area contributed by atoms with E-state index in [1.807, 2.05) is 20.8 Å². The minimum absolute atomic E-state index is 0.177. The minimum Gasteiger partial charge on any atom is -0.391 e. The maximum Gasteiger partial charge on any atom is 0.314 e. The lowest BCUT2D eigenvalue weighted by atomic mass is 9.89. The van der Waals surface area contributed by atoms with Gasteiger partial charge in [0.15, 0.2) is 0 Å². The summed E-state index contributed by atoms with van der Waals surface area (Å²) in [6.45, 7) is 12.6. The van der Waals surface area contributed by atoms with Crippen molar-refractivity contribution in [3.8, 4) is 0 Å².